The van der Waals surface area contributed by atoms with E-state index in [9.17, 15) is 18.0 Å². The van der Waals surface area contributed by atoms with Gasteiger partial charge in [0.05, 0.1) is 15.9 Å². The standard InChI is InChI=1S/C23H28N4O4S/c1-25-20-11-4-5-12-21(20)27(23(25)29)16-13-22(28)24-18-9-8-10-19(17-18)32(30,31)26-14-6-2-3-7-15-26/h4-5,8-12,17H,2-3,6-7,13-16H2,1H3,(H,24,28). The Hall–Kier alpha value is -2.91. The van der Waals surface area contributed by atoms with Gasteiger partial charge < -0.3 is 5.32 Å². The van der Waals surface area contributed by atoms with Gasteiger partial charge in [-0.3, -0.25) is 13.9 Å². The highest BCUT2D eigenvalue weighted by Crippen LogP contribution is 2.23. The minimum Gasteiger partial charge on any atom is -0.326 e. The summed E-state index contributed by atoms with van der Waals surface area (Å²) in [6.45, 7) is 1.29. The van der Waals surface area contributed by atoms with Gasteiger partial charge in [0.25, 0.3) is 0 Å². The molecule has 9 heteroatoms. The van der Waals surface area contributed by atoms with Gasteiger partial charge in [-0.25, -0.2) is 13.2 Å². The lowest BCUT2D eigenvalue weighted by Gasteiger charge is -2.20. The third-order valence-electron chi connectivity index (χ3n) is 5.93. The van der Waals surface area contributed by atoms with Crippen LogP contribution in [0.3, 0.4) is 0 Å². The largest absolute Gasteiger partial charge is 0.328 e. The maximum absolute atomic E-state index is 13.0. The monoisotopic (exact) mass is 456 g/mol. The van der Waals surface area contributed by atoms with Crippen molar-refractivity contribution in [2.45, 2.75) is 43.5 Å². The van der Waals surface area contributed by atoms with E-state index in [-0.39, 0.29) is 29.5 Å². The van der Waals surface area contributed by atoms with Gasteiger partial charge in [-0.1, -0.05) is 31.0 Å². The summed E-state index contributed by atoms with van der Waals surface area (Å²) in [5.74, 6) is -0.283. The molecule has 1 fully saturated rings. The van der Waals surface area contributed by atoms with Crippen molar-refractivity contribution in [3.63, 3.8) is 0 Å². The zero-order valence-electron chi connectivity index (χ0n) is 18.2. The number of rotatable bonds is 6. The summed E-state index contributed by atoms with van der Waals surface area (Å²) in [7, 11) is -1.89. The molecule has 1 saturated heterocycles. The number of benzene rings is 2. The average Bonchev–Trinajstić information content (AvgIpc) is 2.98. The van der Waals surface area contributed by atoms with E-state index >= 15 is 0 Å². The van der Waals surface area contributed by atoms with Crippen LogP contribution >= 0.6 is 0 Å². The number of hydrogen-bond donors (Lipinski definition) is 1. The van der Waals surface area contributed by atoms with Gasteiger partial charge in [-0.2, -0.15) is 4.31 Å². The number of imidazole rings is 1. The fourth-order valence-corrected chi connectivity index (χ4v) is 5.75. The molecule has 1 aromatic heterocycles. The minimum absolute atomic E-state index is 0.0943. The Balaban J connectivity index is 1.46. The summed E-state index contributed by atoms with van der Waals surface area (Å²) in [6.07, 6.45) is 3.91. The number of sulfonamides is 1. The van der Waals surface area contributed by atoms with Crippen LogP contribution in [0.2, 0.25) is 0 Å². The van der Waals surface area contributed by atoms with Crippen LogP contribution < -0.4 is 11.0 Å². The van der Waals surface area contributed by atoms with Crippen LogP contribution in [-0.4, -0.2) is 40.9 Å². The first kappa shape index (κ1) is 22.3. The van der Waals surface area contributed by atoms with Crippen molar-refractivity contribution >= 4 is 32.7 Å². The number of anilines is 1. The molecule has 170 valence electrons. The molecule has 0 atom stereocenters. The molecule has 0 radical (unpaired) electrons. The van der Waals surface area contributed by atoms with Crippen LogP contribution in [-0.2, 0) is 28.4 Å². The molecule has 32 heavy (non-hydrogen) atoms. The molecule has 1 aliphatic heterocycles. The van der Waals surface area contributed by atoms with E-state index in [0.29, 0.717) is 18.8 Å². The third kappa shape index (κ3) is 4.49. The lowest BCUT2D eigenvalue weighted by molar-refractivity contribution is -0.116. The van der Waals surface area contributed by atoms with Crippen LogP contribution in [0.1, 0.15) is 32.1 Å². The molecular formula is C23H28N4O4S. The van der Waals surface area contributed by atoms with Gasteiger partial charge in [0.1, 0.15) is 0 Å². The number of fused-ring (bicyclic) bond motifs is 1. The molecule has 1 aliphatic rings. The van der Waals surface area contributed by atoms with Crippen LogP contribution in [0, 0.1) is 0 Å². The summed E-state index contributed by atoms with van der Waals surface area (Å²) in [4.78, 5) is 25.2. The smallest absolute Gasteiger partial charge is 0.326 e. The molecule has 4 rings (SSSR count). The number of aromatic nitrogens is 2. The fraction of sp³-hybridized carbons (Fsp3) is 0.391. The van der Waals surface area contributed by atoms with Crippen LogP contribution in [0.25, 0.3) is 11.0 Å². The third-order valence-corrected chi connectivity index (χ3v) is 7.83. The number of carbonyl (C=O) groups excluding carboxylic acids is 1. The molecule has 3 aromatic rings. The first-order chi connectivity index (χ1) is 15.4. The van der Waals surface area contributed by atoms with Crippen molar-refractivity contribution in [3.05, 3.63) is 59.0 Å². The Morgan fingerprint density at radius 3 is 2.38 bits per heavy atom. The SMILES string of the molecule is Cn1c(=O)n(CCC(=O)Nc2cccc(S(=O)(=O)N3CCCCCC3)c2)c2ccccc21. The Bertz CT molecular complexity index is 1280. The highest BCUT2D eigenvalue weighted by Gasteiger charge is 2.25. The summed E-state index contributed by atoms with van der Waals surface area (Å²) in [5.41, 5.74) is 1.84. The maximum atomic E-state index is 13.0. The Labute approximate surface area is 187 Å². The summed E-state index contributed by atoms with van der Waals surface area (Å²) < 4.78 is 30.7. The molecule has 1 N–H and O–H groups in total. The van der Waals surface area contributed by atoms with Crippen molar-refractivity contribution in [2.24, 2.45) is 7.05 Å². The van der Waals surface area contributed by atoms with Crippen molar-refractivity contribution in [2.75, 3.05) is 18.4 Å². The molecule has 0 spiro atoms. The van der Waals surface area contributed by atoms with Gasteiger partial charge in [-0.15, -0.1) is 0 Å². The second kappa shape index (κ2) is 9.30. The van der Waals surface area contributed by atoms with E-state index < -0.39 is 10.0 Å². The first-order valence-corrected chi connectivity index (χ1v) is 12.4. The molecule has 2 heterocycles. The Morgan fingerprint density at radius 1 is 0.969 bits per heavy atom. The number of nitrogens with zero attached hydrogens (tertiary/aromatic N) is 3. The van der Waals surface area contributed by atoms with Gasteiger partial charge in [-0.05, 0) is 43.2 Å². The average molecular weight is 457 g/mol. The van der Waals surface area contributed by atoms with Gasteiger partial charge in [0, 0.05) is 38.8 Å². The van der Waals surface area contributed by atoms with Crippen LogP contribution in [0.15, 0.2) is 58.2 Å². The quantitative estimate of drug-likeness (QED) is 0.617. The molecule has 1 amide bonds. The van der Waals surface area contributed by atoms with Gasteiger partial charge in [0.15, 0.2) is 0 Å². The predicted octanol–water partition coefficient (Wildman–Crippen LogP) is 2.93. The van der Waals surface area contributed by atoms with Crippen molar-refractivity contribution in [3.8, 4) is 0 Å². The van der Waals surface area contributed by atoms with Crippen LogP contribution in [0.5, 0.6) is 0 Å². The van der Waals surface area contributed by atoms with Gasteiger partial charge in [0.2, 0.25) is 15.9 Å². The number of nitrogens with one attached hydrogen (secondary N) is 1. The lowest BCUT2D eigenvalue weighted by atomic mass is 10.2. The summed E-state index contributed by atoms with van der Waals surface area (Å²) in [6, 6.07) is 13.8. The number of carbonyl (C=O) groups is 1. The Kier molecular flexibility index (Phi) is 6.48. The summed E-state index contributed by atoms with van der Waals surface area (Å²) in [5, 5.41) is 2.77. The van der Waals surface area contributed by atoms with Crippen LogP contribution in [0.4, 0.5) is 5.69 Å². The molecule has 0 saturated carbocycles. The van der Waals surface area contributed by atoms with E-state index in [2.05, 4.69) is 5.32 Å². The zero-order valence-corrected chi connectivity index (χ0v) is 19.0. The highest BCUT2D eigenvalue weighted by atomic mass is 32.2. The minimum atomic E-state index is -3.59. The van der Waals surface area contributed by atoms with Crippen molar-refractivity contribution in [1.82, 2.24) is 13.4 Å². The zero-order chi connectivity index (χ0) is 22.7. The second-order valence-electron chi connectivity index (χ2n) is 8.13. The molecule has 0 bridgehead atoms. The van der Waals surface area contributed by atoms with Gasteiger partial charge >= 0.3 is 5.69 Å². The van der Waals surface area contributed by atoms with Crippen molar-refractivity contribution in [1.29, 1.82) is 0 Å². The normalized spacial score (nSPS) is 15.5. The number of amides is 1. The summed E-state index contributed by atoms with van der Waals surface area (Å²) >= 11 is 0. The molecule has 0 aliphatic carbocycles. The molecule has 8 nitrogen and oxygen atoms in total. The molecular weight excluding hydrogens is 428 g/mol. The number of hydrogen-bond acceptors (Lipinski definition) is 4. The Morgan fingerprint density at radius 2 is 1.66 bits per heavy atom. The lowest BCUT2D eigenvalue weighted by Crippen LogP contribution is -2.32. The van der Waals surface area contributed by atoms with E-state index in [1.54, 1.807) is 34.4 Å². The van der Waals surface area contributed by atoms with E-state index in [1.807, 2.05) is 24.3 Å². The van der Waals surface area contributed by atoms with E-state index in [1.165, 1.54) is 10.4 Å². The number of aryl methyl sites for hydroxylation is 2. The number of para-hydroxylation sites is 2. The molecule has 2 aromatic carbocycles. The van der Waals surface area contributed by atoms with E-state index in [0.717, 1.165) is 36.7 Å². The predicted molar refractivity (Wildman–Crippen MR) is 124 cm³/mol. The second-order valence-corrected chi connectivity index (χ2v) is 10.1. The first-order valence-electron chi connectivity index (χ1n) is 10.9. The maximum Gasteiger partial charge on any atom is 0.328 e. The van der Waals surface area contributed by atoms with Crippen molar-refractivity contribution < 1.29 is 13.2 Å². The van der Waals surface area contributed by atoms with E-state index in [4.69, 9.17) is 0 Å². The molecule has 0 unspecified atom stereocenters. The topological polar surface area (TPSA) is 93.4 Å². The highest BCUT2D eigenvalue weighted by molar-refractivity contribution is 7.89. The fourth-order valence-electron chi connectivity index (χ4n) is 4.18.